The Morgan fingerprint density at radius 3 is 2.41 bits per heavy atom. The van der Waals surface area contributed by atoms with E-state index in [2.05, 4.69) is 23.8 Å². The maximum atomic E-state index is 13.0. The molecule has 1 unspecified atom stereocenters. The Hall–Kier alpha value is -3.74. The highest BCUT2D eigenvalue weighted by Crippen LogP contribution is 2.29. The van der Waals surface area contributed by atoms with E-state index in [-0.39, 0.29) is 11.8 Å². The van der Waals surface area contributed by atoms with Crippen LogP contribution >= 0.6 is 0 Å². The van der Waals surface area contributed by atoms with Gasteiger partial charge in [-0.05, 0) is 37.1 Å². The van der Waals surface area contributed by atoms with Gasteiger partial charge in [-0.3, -0.25) is 4.79 Å². The van der Waals surface area contributed by atoms with Gasteiger partial charge in [-0.2, -0.15) is 5.10 Å². The standard InChI is InChI=1S/C27H30N6O/c1-3-20(2)24-29-25(23-19-28-33(26(23)30-24)22-13-8-5-9-14-22)31-15-10-16-32(18-17-31)27(34)21-11-6-4-7-12-21/h4-9,11-14,19-20H,3,10,15-18H2,1-2H3. The van der Waals surface area contributed by atoms with Gasteiger partial charge in [0.1, 0.15) is 11.6 Å². The molecule has 7 nitrogen and oxygen atoms in total. The summed E-state index contributed by atoms with van der Waals surface area (Å²) in [5.41, 5.74) is 2.55. The van der Waals surface area contributed by atoms with Gasteiger partial charge in [-0.25, -0.2) is 14.6 Å². The summed E-state index contributed by atoms with van der Waals surface area (Å²) in [5.74, 6) is 2.08. The predicted molar refractivity (Wildman–Crippen MR) is 135 cm³/mol. The van der Waals surface area contributed by atoms with Crippen LogP contribution in [0.2, 0.25) is 0 Å². The van der Waals surface area contributed by atoms with E-state index >= 15 is 0 Å². The molecule has 1 amide bonds. The summed E-state index contributed by atoms with van der Waals surface area (Å²) in [6.45, 7) is 7.27. The number of nitrogens with zero attached hydrogens (tertiary/aromatic N) is 6. The lowest BCUT2D eigenvalue weighted by Gasteiger charge is -2.24. The molecule has 0 radical (unpaired) electrons. The molecule has 34 heavy (non-hydrogen) atoms. The molecule has 4 aromatic rings. The monoisotopic (exact) mass is 454 g/mol. The van der Waals surface area contributed by atoms with Crippen LogP contribution in [-0.2, 0) is 0 Å². The highest BCUT2D eigenvalue weighted by Gasteiger charge is 2.24. The summed E-state index contributed by atoms with van der Waals surface area (Å²) >= 11 is 0. The van der Waals surface area contributed by atoms with Crippen LogP contribution in [0.1, 0.15) is 48.8 Å². The van der Waals surface area contributed by atoms with Crippen molar-refractivity contribution in [3.63, 3.8) is 0 Å². The van der Waals surface area contributed by atoms with Gasteiger partial charge in [0.2, 0.25) is 0 Å². The lowest BCUT2D eigenvalue weighted by molar-refractivity contribution is 0.0767. The molecule has 0 spiro atoms. The van der Waals surface area contributed by atoms with E-state index in [1.165, 1.54) is 0 Å². The third-order valence-corrected chi connectivity index (χ3v) is 6.58. The number of para-hydroxylation sites is 1. The number of anilines is 1. The van der Waals surface area contributed by atoms with E-state index in [1.807, 2.05) is 76.4 Å². The summed E-state index contributed by atoms with van der Waals surface area (Å²) in [4.78, 5) is 27.2. The second-order valence-electron chi connectivity index (χ2n) is 8.84. The van der Waals surface area contributed by atoms with Crippen LogP contribution in [0.3, 0.4) is 0 Å². The Labute approximate surface area is 200 Å². The second-order valence-corrected chi connectivity index (χ2v) is 8.84. The SMILES string of the molecule is CCC(C)c1nc(N2CCCN(C(=O)c3ccccc3)CC2)c2cnn(-c3ccccc3)c2n1. The molecule has 0 bridgehead atoms. The molecule has 1 aliphatic heterocycles. The zero-order valence-corrected chi connectivity index (χ0v) is 19.8. The van der Waals surface area contributed by atoms with Gasteiger partial charge >= 0.3 is 0 Å². The van der Waals surface area contributed by atoms with E-state index in [9.17, 15) is 4.79 Å². The first-order valence-electron chi connectivity index (χ1n) is 12.1. The molecule has 0 aliphatic carbocycles. The van der Waals surface area contributed by atoms with Crippen LogP contribution in [0, 0.1) is 0 Å². The van der Waals surface area contributed by atoms with Crippen molar-refractivity contribution in [2.45, 2.75) is 32.6 Å². The first kappa shape index (κ1) is 22.1. The van der Waals surface area contributed by atoms with Gasteiger partial charge in [0.05, 0.1) is 17.3 Å². The summed E-state index contributed by atoms with van der Waals surface area (Å²) in [5, 5.41) is 5.62. The molecule has 1 fully saturated rings. The number of carbonyl (C=O) groups excluding carboxylic acids is 1. The first-order valence-corrected chi connectivity index (χ1v) is 12.1. The van der Waals surface area contributed by atoms with Gasteiger partial charge in [0, 0.05) is 37.7 Å². The average Bonchev–Trinajstić information content (AvgIpc) is 3.17. The summed E-state index contributed by atoms with van der Waals surface area (Å²) < 4.78 is 1.90. The maximum absolute atomic E-state index is 13.0. The van der Waals surface area contributed by atoms with E-state index in [0.29, 0.717) is 6.54 Å². The van der Waals surface area contributed by atoms with Crippen LogP contribution in [-0.4, -0.2) is 56.7 Å². The fourth-order valence-corrected chi connectivity index (χ4v) is 4.41. The Kier molecular flexibility index (Phi) is 6.25. The lowest BCUT2D eigenvalue weighted by Crippen LogP contribution is -2.35. The Bertz CT molecular complexity index is 1270. The largest absolute Gasteiger partial charge is 0.354 e. The van der Waals surface area contributed by atoms with Crippen molar-refractivity contribution in [2.24, 2.45) is 0 Å². The zero-order valence-electron chi connectivity index (χ0n) is 19.8. The number of carbonyl (C=O) groups is 1. The number of rotatable bonds is 5. The molecular weight excluding hydrogens is 424 g/mol. The predicted octanol–water partition coefficient (Wildman–Crippen LogP) is 4.68. The molecular formula is C27H30N6O. The summed E-state index contributed by atoms with van der Waals surface area (Å²) in [6, 6.07) is 19.6. The topological polar surface area (TPSA) is 67.2 Å². The Morgan fingerprint density at radius 2 is 1.68 bits per heavy atom. The number of fused-ring (bicyclic) bond motifs is 1. The van der Waals surface area contributed by atoms with Gasteiger partial charge in [0.25, 0.3) is 5.91 Å². The first-order chi connectivity index (χ1) is 16.7. The maximum Gasteiger partial charge on any atom is 0.253 e. The number of hydrogen-bond donors (Lipinski definition) is 0. The van der Waals surface area contributed by atoms with Crippen molar-refractivity contribution in [3.05, 3.63) is 78.2 Å². The summed E-state index contributed by atoms with van der Waals surface area (Å²) in [7, 11) is 0. The number of aromatic nitrogens is 4. The molecule has 1 atom stereocenters. The third-order valence-electron chi connectivity index (χ3n) is 6.58. The van der Waals surface area contributed by atoms with Gasteiger partial charge in [-0.15, -0.1) is 0 Å². The van der Waals surface area contributed by atoms with Gasteiger partial charge in [0.15, 0.2) is 5.65 Å². The molecule has 1 aliphatic rings. The van der Waals surface area contributed by atoms with Crippen molar-refractivity contribution >= 4 is 22.8 Å². The minimum atomic E-state index is 0.0903. The normalized spacial score (nSPS) is 15.4. The van der Waals surface area contributed by atoms with Crippen molar-refractivity contribution in [3.8, 4) is 5.69 Å². The lowest BCUT2D eigenvalue weighted by atomic mass is 10.1. The molecule has 2 aromatic carbocycles. The third kappa shape index (κ3) is 4.25. The van der Waals surface area contributed by atoms with Crippen molar-refractivity contribution in [1.29, 1.82) is 0 Å². The van der Waals surface area contributed by atoms with Crippen LogP contribution in [0.5, 0.6) is 0 Å². The molecule has 174 valence electrons. The van der Waals surface area contributed by atoms with Crippen molar-refractivity contribution in [1.82, 2.24) is 24.6 Å². The van der Waals surface area contributed by atoms with E-state index in [4.69, 9.17) is 9.97 Å². The fraction of sp³-hybridized carbons (Fsp3) is 0.333. The molecule has 3 heterocycles. The van der Waals surface area contributed by atoms with E-state index in [0.717, 1.165) is 66.4 Å². The Balaban J connectivity index is 1.49. The molecule has 0 saturated carbocycles. The quantitative estimate of drug-likeness (QED) is 0.438. The van der Waals surface area contributed by atoms with Gasteiger partial charge in [-0.1, -0.05) is 50.2 Å². The Morgan fingerprint density at radius 1 is 0.941 bits per heavy atom. The fourth-order valence-electron chi connectivity index (χ4n) is 4.41. The van der Waals surface area contributed by atoms with E-state index < -0.39 is 0 Å². The number of benzene rings is 2. The summed E-state index contributed by atoms with van der Waals surface area (Å²) in [6.07, 6.45) is 3.72. The molecule has 0 N–H and O–H groups in total. The minimum Gasteiger partial charge on any atom is -0.354 e. The average molecular weight is 455 g/mol. The smallest absolute Gasteiger partial charge is 0.253 e. The van der Waals surface area contributed by atoms with Crippen LogP contribution in [0.4, 0.5) is 5.82 Å². The highest BCUT2D eigenvalue weighted by molar-refractivity contribution is 5.94. The second kappa shape index (κ2) is 9.63. The van der Waals surface area contributed by atoms with Crippen LogP contribution < -0.4 is 4.90 Å². The minimum absolute atomic E-state index is 0.0903. The highest BCUT2D eigenvalue weighted by atomic mass is 16.2. The van der Waals surface area contributed by atoms with Crippen molar-refractivity contribution < 1.29 is 4.79 Å². The van der Waals surface area contributed by atoms with Crippen LogP contribution in [0.25, 0.3) is 16.7 Å². The molecule has 2 aromatic heterocycles. The van der Waals surface area contributed by atoms with Crippen LogP contribution in [0.15, 0.2) is 66.9 Å². The number of hydrogen-bond acceptors (Lipinski definition) is 5. The molecule has 1 saturated heterocycles. The molecule has 5 rings (SSSR count). The van der Waals surface area contributed by atoms with Crippen molar-refractivity contribution in [2.75, 3.05) is 31.1 Å². The van der Waals surface area contributed by atoms with Gasteiger partial charge < -0.3 is 9.80 Å². The van der Waals surface area contributed by atoms with E-state index in [1.54, 1.807) is 0 Å². The zero-order chi connectivity index (χ0) is 23.5. The number of amides is 1. The molecule has 7 heteroatoms.